The van der Waals surface area contributed by atoms with E-state index in [2.05, 4.69) is 10.1 Å². The monoisotopic (exact) mass is 378 g/mol. The number of methoxy groups -OCH3 is 1. The second kappa shape index (κ2) is 8.83. The molecule has 2 rings (SSSR count). The van der Waals surface area contributed by atoms with Gasteiger partial charge in [-0.05, 0) is 42.0 Å². The zero-order chi connectivity index (χ0) is 19.1. The van der Waals surface area contributed by atoms with Crippen LogP contribution in [-0.4, -0.2) is 19.6 Å². The van der Waals surface area contributed by atoms with Crippen molar-refractivity contribution >= 4 is 29.3 Å². The molecule has 0 saturated heterocycles. The van der Waals surface area contributed by atoms with Gasteiger partial charge in [0.25, 0.3) is 0 Å². The molecule has 0 radical (unpaired) electrons. The van der Waals surface area contributed by atoms with Crippen molar-refractivity contribution in [3.8, 4) is 17.6 Å². The van der Waals surface area contributed by atoms with Crippen molar-refractivity contribution in [1.82, 2.24) is 0 Å². The average Bonchev–Trinajstić information content (AvgIpc) is 2.62. The molecule has 0 spiro atoms. The van der Waals surface area contributed by atoms with Gasteiger partial charge in [0.15, 0.2) is 11.5 Å². The molecule has 26 heavy (non-hydrogen) atoms. The molecule has 0 heterocycles. The van der Waals surface area contributed by atoms with E-state index in [1.54, 1.807) is 6.07 Å². The maximum atomic E-state index is 12.3. The van der Waals surface area contributed by atoms with Crippen molar-refractivity contribution in [2.24, 2.45) is 0 Å². The molecule has 0 aliphatic carbocycles. The molecule has 0 aromatic heterocycles. The van der Waals surface area contributed by atoms with Crippen molar-refractivity contribution in [3.63, 3.8) is 0 Å². The molecule has 0 aliphatic heterocycles. The molecule has 134 valence electrons. The van der Waals surface area contributed by atoms with Gasteiger partial charge in [-0.1, -0.05) is 17.7 Å². The Morgan fingerprint density at radius 1 is 1.27 bits per heavy atom. The summed E-state index contributed by atoms with van der Waals surface area (Å²) in [6.07, 6.45) is 2.73. The van der Waals surface area contributed by atoms with Crippen LogP contribution in [0.1, 0.15) is 11.1 Å². The topological polar surface area (TPSA) is 71.3 Å². The molecule has 5 nitrogen and oxygen atoms in total. The summed E-state index contributed by atoms with van der Waals surface area (Å²) in [5.41, 5.74) is 1.21. The summed E-state index contributed by atoms with van der Waals surface area (Å²) in [5, 5.41) is 11.8. The van der Waals surface area contributed by atoms with Gasteiger partial charge in [0, 0.05) is 11.8 Å². The minimum absolute atomic E-state index is 0.103. The molecule has 0 saturated carbocycles. The first-order valence-corrected chi connectivity index (χ1v) is 7.62. The third-order valence-electron chi connectivity index (χ3n) is 3.19. The van der Waals surface area contributed by atoms with Crippen LogP contribution in [-0.2, 0) is 4.79 Å². The number of nitrogens with one attached hydrogen (secondary N) is 1. The van der Waals surface area contributed by atoms with E-state index in [-0.39, 0.29) is 17.1 Å². The lowest BCUT2D eigenvalue weighted by Crippen LogP contribution is -2.07. The fourth-order valence-electron chi connectivity index (χ4n) is 2.03. The van der Waals surface area contributed by atoms with Crippen LogP contribution in [0.5, 0.6) is 11.5 Å². The summed E-state index contributed by atoms with van der Waals surface area (Å²) < 4.78 is 33.9. The molecule has 1 N–H and O–H groups in total. The number of nitriles is 1. The Hall–Kier alpha value is -3.11. The number of rotatable bonds is 6. The van der Waals surface area contributed by atoms with Crippen LogP contribution in [0.2, 0.25) is 5.02 Å². The molecule has 0 fully saturated rings. The number of nitrogens with zero attached hydrogens (tertiary/aromatic N) is 1. The third kappa shape index (κ3) is 5.19. The Balaban J connectivity index is 2.09. The van der Waals surface area contributed by atoms with Crippen LogP contribution in [0.3, 0.4) is 0 Å². The summed E-state index contributed by atoms with van der Waals surface area (Å²) in [6, 6.07) is 10.7. The molecule has 0 aliphatic rings. The summed E-state index contributed by atoms with van der Waals surface area (Å²) in [4.78, 5) is 12.0. The fraction of sp³-hybridized carbons (Fsp3) is 0.111. The second-order valence-corrected chi connectivity index (χ2v) is 5.33. The minimum Gasteiger partial charge on any atom is -0.493 e. The molecular weight excluding hydrogens is 366 g/mol. The van der Waals surface area contributed by atoms with E-state index in [1.165, 1.54) is 49.6 Å². The molecule has 0 unspecified atom stereocenters. The minimum atomic E-state index is -2.96. The lowest BCUT2D eigenvalue weighted by Gasteiger charge is -2.10. The first-order chi connectivity index (χ1) is 12.4. The molecule has 2 aromatic carbocycles. The highest BCUT2D eigenvalue weighted by atomic mass is 35.5. The number of hydrogen-bond acceptors (Lipinski definition) is 4. The lowest BCUT2D eigenvalue weighted by atomic mass is 10.2. The van der Waals surface area contributed by atoms with Gasteiger partial charge in [-0.2, -0.15) is 14.0 Å². The maximum absolute atomic E-state index is 12.3. The average molecular weight is 379 g/mol. The second-order valence-electron chi connectivity index (χ2n) is 4.92. The number of alkyl halides is 2. The van der Waals surface area contributed by atoms with Crippen molar-refractivity contribution in [2.45, 2.75) is 6.61 Å². The molecule has 2 aromatic rings. The van der Waals surface area contributed by atoms with E-state index in [0.29, 0.717) is 16.3 Å². The summed E-state index contributed by atoms with van der Waals surface area (Å²) >= 11 is 5.83. The van der Waals surface area contributed by atoms with Gasteiger partial charge in [-0.3, -0.25) is 4.79 Å². The van der Waals surface area contributed by atoms with Crippen LogP contribution < -0.4 is 14.8 Å². The Morgan fingerprint density at radius 2 is 2.04 bits per heavy atom. The third-order valence-corrected chi connectivity index (χ3v) is 3.51. The first-order valence-electron chi connectivity index (χ1n) is 7.24. The van der Waals surface area contributed by atoms with Crippen LogP contribution >= 0.6 is 11.6 Å². The zero-order valence-corrected chi connectivity index (χ0v) is 14.3. The lowest BCUT2D eigenvalue weighted by molar-refractivity contribution is -0.111. The predicted octanol–water partition coefficient (Wildman–Crippen LogP) is 4.47. The molecular formula is C18H13ClF2N2O3. The predicted molar refractivity (Wildman–Crippen MR) is 93.5 cm³/mol. The normalized spacial score (nSPS) is 10.6. The quantitative estimate of drug-likeness (QED) is 0.752. The van der Waals surface area contributed by atoms with E-state index >= 15 is 0 Å². The Kier molecular flexibility index (Phi) is 6.53. The van der Waals surface area contributed by atoms with Gasteiger partial charge in [0.05, 0.1) is 17.7 Å². The Labute approximate surface area is 153 Å². The van der Waals surface area contributed by atoms with Gasteiger partial charge in [-0.25, -0.2) is 0 Å². The fourth-order valence-corrected chi connectivity index (χ4v) is 2.19. The van der Waals surface area contributed by atoms with E-state index < -0.39 is 12.5 Å². The van der Waals surface area contributed by atoms with Crippen molar-refractivity contribution < 1.29 is 23.0 Å². The zero-order valence-electron chi connectivity index (χ0n) is 13.5. The number of carbonyl (C=O) groups is 1. The molecule has 0 bridgehead atoms. The van der Waals surface area contributed by atoms with Gasteiger partial charge >= 0.3 is 6.61 Å². The van der Waals surface area contributed by atoms with Gasteiger partial charge in [0.1, 0.15) is 6.07 Å². The highest BCUT2D eigenvalue weighted by molar-refractivity contribution is 6.31. The van der Waals surface area contributed by atoms with Crippen LogP contribution in [0.25, 0.3) is 6.08 Å². The number of hydrogen-bond donors (Lipinski definition) is 1. The van der Waals surface area contributed by atoms with E-state index in [1.807, 2.05) is 6.07 Å². The highest BCUT2D eigenvalue weighted by Crippen LogP contribution is 2.29. The number of halogens is 3. The van der Waals surface area contributed by atoms with Gasteiger partial charge in [0.2, 0.25) is 5.91 Å². The van der Waals surface area contributed by atoms with E-state index in [9.17, 15) is 13.6 Å². The Bertz CT molecular complexity index is 879. The Morgan fingerprint density at radius 3 is 2.69 bits per heavy atom. The highest BCUT2D eigenvalue weighted by Gasteiger charge is 2.10. The van der Waals surface area contributed by atoms with Crippen molar-refractivity contribution in [1.29, 1.82) is 5.26 Å². The summed E-state index contributed by atoms with van der Waals surface area (Å²) in [7, 11) is 1.32. The number of benzene rings is 2. The van der Waals surface area contributed by atoms with E-state index in [0.717, 1.165) is 0 Å². The molecule has 0 atom stereocenters. The largest absolute Gasteiger partial charge is 0.493 e. The molecule has 1 amide bonds. The van der Waals surface area contributed by atoms with Crippen LogP contribution in [0, 0.1) is 11.3 Å². The standard InChI is InChI=1S/C18H13ClF2N2O3/c1-25-16-8-11(2-6-15(16)26-18(20)21)3-7-17(24)23-13-4-5-14(19)12(9-13)10-22/h2-9,18H,1H3,(H,23,24)/b7-3+. The van der Waals surface area contributed by atoms with Crippen LogP contribution in [0.15, 0.2) is 42.5 Å². The van der Waals surface area contributed by atoms with Gasteiger partial charge in [-0.15, -0.1) is 0 Å². The number of amides is 1. The number of ether oxygens (including phenoxy) is 2. The van der Waals surface area contributed by atoms with Crippen LogP contribution in [0.4, 0.5) is 14.5 Å². The summed E-state index contributed by atoms with van der Waals surface area (Å²) in [5.74, 6) is -0.429. The smallest absolute Gasteiger partial charge is 0.387 e. The van der Waals surface area contributed by atoms with Crippen molar-refractivity contribution in [3.05, 3.63) is 58.6 Å². The molecule has 8 heteroatoms. The SMILES string of the molecule is COc1cc(/C=C/C(=O)Nc2ccc(Cl)c(C#N)c2)ccc1OC(F)F. The number of anilines is 1. The maximum Gasteiger partial charge on any atom is 0.387 e. The van der Waals surface area contributed by atoms with Gasteiger partial charge < -0.3 is 14.8 Å². The number of carbonyl (C=O) groups excluding carboxylic acids is 1. The van der Waals surface area contributed by atoms with Crippen molar-refractivity contribution in [2.75, 3.05) is 12.4 Å². The first kappa shape index (κ1) is 19.2. The summed E-state index contributed by atoms with van der Waals surface area (Å²) in [6.45, 7) is -2.96. The van der Waals surface area contributed by atoms with E-state index in [4.69, 9.17) is 21.6 Å².